The molecule has 2 aromatic rings. The second-order valence-corrected chi connectivity index (χ2v) is 11.0. The van der Waals surface area contributed by atoms with Crippen LogP contribution in [0.25, 0.3) is 0 Å². The van der Waals surface area contributed by atoms with Gasteiger partial charge in [0.1, 0.15) is 0 Å². The van der Waals surface area contributed by atoms with E-state index in [9.17, 15) is 13.2 Å². The average molecular weight is 461 g/mol. The number of carbonyl (C=O) groups excluding carboxylic acids is 1. The van der Waals surface area contributed by atoms with Crippen LogP contribution in [0.15, 0.2) is 52.3 Å². The average Bonchev–Trinajstić information content (AvgIpc) is 3.09. The summed E-state index contributed by atoms with van der Waals surface area (Å²) in [5, 5.41) is -0.123. The number of thioether (sulfide) groups is 1. The fraction of sp³-hybridized carbons (Fsp3) is 0.409. The largest absolute Gasteiger partial charge is 0.490 e. The number of ether oxygens (including phenoxy) is 2. The number of carbonyl (C=O) groups is 1. The molecule has 1 atom stereocenters. The van der Waals surface area contributed by atoms with E-state index in [1.165, 1.54) is 9.87 Å². The molecule has 0 aliphatic carbocycles. The summed E-state index contributed by atoms with van der Waals surface area (Å²) in [5.74, 6) is 1.13. The molecule has 0 radical (unpaired) electrons. The highest BCUT2D eigenvalue weighted by Crippen LogP contribution is 2.38. The molecule has 0 N–H and O–H groups in total. The van der Waals surface area contributed by atoms with Gasteiger partial charge in [-0.3, -0.25) is 4.79 Å². The van der Waals surface area contributed by atoms with Gasteiger partial charge in [-0.1, -0.05) is 18.2 Å². The van der Waals surface area contributed by atoms with Crippen molar-refractivity contribution in [3.05, 3.63) is 48.0 Å². The summed E-state index contributed by atoms with van der Waals surface area (Å²) >= 11 is 1.61. The van der Waals surface area contributed by atoms with Crippen molar-refractivity contribution in [1.29, 1.82) is 0 Å². The Labute approximate surface area is 186 Å². The van der Waals surface area contributed by atoms with Gasteiger partial charge in [-0.2, -0.15) is 4.31 Å². The number of amides is 1. The van der Waals surface area contributed by atoms with Crippen LogP contribution in [0.2, 0.25) is 0 Å². The number of sulfonamides is 1. The predicted molar refractivity (Wildman–Crippen MR) is 117 cm³/mol. The van der Waals surface area contributed by atoms with E-state index in [1.54, 1.807) is 34.9 Å². The fourth-order valence-corrected chi connectivity index (χ4v) is 6.84. The van der Waals surface area contributed by atoms with Crippen molar-refractivity contribution in [3.63, 3.8) is 0 Å². The van der Waals surface area contributed by atoms with Crippen LogP contribution in [0.5, 0.6) is 11.5 Å². The number of nitrogens with zero attached hydrogens (tertiary/aromatic N) is 2. The molecule has 1 amide bonds. The van der Waals surface area contributed by atoms with Gasteiger partial charge in [0.15, 0.2) is 11.5 Å². The van der Waals surface area contributed by atoms with Gasteiger partial charge in [0.05, 0.1) is 23.4 Å². The van der Waals surface area contributed by atoms with Crippen molar-refractivity contribution in [3.8, 4) is 11.5 Å². The molecule has 3 aliphatic heterocycles. The van der Waals surface area contributed by atoms with Crippen molar-refractivity contribution < 1.29 is 22.7 Å². The van der Waals surface area contributed by atoms with E-state index in [1.807, 2.05) is 18.2 Å². The summed E-state index contributed by atoms with van der Waals surface area (Å²) in [6.45, 7) is 2.42. The number of hydrogen-bond donors (Lipinski definition) is 0. The number of fused-ring (bicyclic) bond motifs is 2. The zero-order valence-electron chi connectivity index (χ0n) is 17.0. The smallest absolute Gasteiger partial charge is 0.243 e. The normalized spacial score (nSPS) is 21.4. The summed E-state index contributed by atoms with van der Waals surface area (Å²) in [5.41, 5.74) is 1.21. The second-order valence-electron chi connectivity index (χ2n) is 7.81. The third-order valence-electron chi connectivity index (χ3n) is 5.83. The first-order valence-corrected chi connectivity index (χ1v) is 12.8. The molecular weight excluding hydrogens is 436 g/mol. The Kier molecular flexibility index (Phi) is 5.58. The van der Waals surface area contributed by atoms with E-state index >= 15 is 0 Å². The SMILES string of the molecule is O=C([C@H]1Cc2ccccc2S1)N1CCN(S(=O)(=O)c2ccc3c(c2)OCCCO3)CC1. The van der Waals surface area contributed by atoms with Crippen LogP contribution < -0.4 is 9.47 Å². The van der Waals surface area contributed by atoms with Gasteiger partial charge < -0.3 is 14.4 Å². The zero-order valence-corrected chi connectivity index (χ0v) is 18.7. The maximum atomic E-state index is 13.2. The zero-order chi connectivity index (χ0) is 21.4. The van der Waals surface area contributed by atoms with E-state index in [0.717, 1.165) is 17.7 Å². The monoisotopic (exact) mass is 460 g/mol. The topological polar surface area (TPSA) is 76.2 Å². The maximum absolute atomic E-state index is 13.2. The van der Waals surface area contributed by atoms with Gasteiger partial charge in [0.2, 0.25) is 15.9 Å². The van der Waals surface area contributed by atoms with Crippen LogP contribution in [-0.2, 0) is 21.2 Å². The Morgan fingerprint density at radius 2 is 1.71 bits per heavy atom. The minimum absolute atomic E-state index is 0.0915. The highest BCUT2D eigenvalue weighted by atomic mass is 32.2. The van der Waals surface area contributed by atoms with Crippen LogP contribution in [0.1, 0.15) is 12.0 Å². The number of hydrogen-bond acceptors (Lipinski definition) is 6. The van der Waals surface area contributed by atoms with Gasteiger partial charge in [-0.05, 0) is 30.2 Å². The van der Waals surface area contributed by atoms with Crippen molar-refractivity contribution >= 4 is 27.7 Å². The molecule has 7 nitrogen and oxygen atoms in total. The molecule has 2 aromatic carbocycles. The molecule has 1 fully saturated rings. The summed E-state index contributed by atoms with van der Waals surface area (Å²) in [6, 6.07) is 12.9. The molecule has 1 saturated heterocycles. The van der Waals surface area contributed by atoms with E-state index < -0.39 is 10.0 Å². The fourth-order valence-electron chi connectivity index (χ4n) is 4.13. The number of benzene rings is 2. The molecule has 31 heavy (non-hydrogen) atoms. The van der Waals surface area contributed by atoms with E-state index in [-0.39, 0.29) is 29.1 Å². The first-order valence-electron chi connectivity index (χ1n) is 10.5. The first kappa shape index (κ1) is 20.7. The molecule has 3 aliphatic rings. The van der Waals surface area contributed by atoms with Crippen LogP contribution in [-0.4, -0.2) is 68.2 Å². The van der Waals surface area contributed by atoms with Crippen molar-refractivity contribution in [2.75, 3.05) is 39.4 Å². The molecule has 0 bridgehead atoms. The molecule has 0 saturated carbocycles. The molecule has 0 aromatic heterocycles. The summed E-state index contributed by atoms with van der Waals surface area (Å²) < 4.78 is 39.0. The molecule has 3 heterocycles. The highest BCUT2D eigenvalue weighted by molar-refractivity contribution is 8.01. The van der Waals surface area contributed by atoms with Gasteiger partial charge in [0, 0.05) is 43.6 Å². The minimum Gasteiger partial charge on any atom is -0.490 e. The molecule has 0 spiro atoms. The Bertz CT molecular complexity index is 1070. The Morgan fingerprint density at radius 3 is 2.48 bits per heavy atom. The van der Waals surface area contributed by atoms with Crippen LogP contribution in [0, 0.1) is 0 Å². The lowest BCUT2D eigenvalue weighted by atomic mass is 10.1. The van der Waals surface area contributed by atoms with Gasteiger partial charge in [0.25, 0.3) is 0 Å². The molecule has 5 rings (SSSR count). The Morgan fingerprint density at radius 1 is 0.968 bits per heavy atom. The Hall–Kier alpha value is -2.23. The van der Waals surface area contributed by atoms with E-state index in [2.05, 4.69) is 6.07 Å². The molecule has 164 valence electrons. The van der Waals surface area contributed by atoms with Crippen LogP contribution in [0.4, 0.5) is 0 Å². The van der Waals surface area contributed by atoms with Gasteiger partial charge in [-0.25, -0.2) is 8.42 Å². The van der Waals surface area contributed by atoms with E-state index in [4.69, 9.17) is 9.47 Å². The first-order chi connectivity index (χ1) is 15.0. The molecule has 9 heteroatoms. The van der Waals surface area contributed by atoms with Crippen LogP contribution >= 0.6 is 11.8 Å². The summed E-state index contributed by atoms with van der Waals surface area (Å²) in [6.07, 6.45) is 1.49. The standard InChI is InChI=1S/C22H24N2O5S2/c25-22(21-14-16-4-1-2-5-20(16)30-21)23-8-10-24(11-9-23)31(26,27)17-6-7-18-19(15-17)29-13-3-12-28-18/h1-2,4-7,15,21H,3,8-14H2/t21-/m1/s1. The quantitative estimate of drug-likeness (QED) is 0.700. The van der Waals surface area contributed by atoms with Crippen molar-refractivity contribution in [1.82, 2.24) is 9.21 Å². The second kappa shape index (κ2) is 8.37. The number of piperazine rings is 1. The lowest BCUT2D eigenvalue weighted by Gasteiger charge is -2.35. The predicted octanol–water partition coefficient (Wildman–Crippen LogP) is 2.40. The van der Waals surface area contributed by atoms with Crippen molar-refractivity contribution in [2.24, 2.45) is 0 Å². The van der Waals surface area contributed by atoms with Gasteiger partial charge in [-0.15, -0.1) is 11.8 Å². The minimum atomic E-state index is -3.66. The third-order valence-corrected chi connectivity index (χ3v) is 9.03. The van der Waals surface area contributed by atoms with Crippen LogP contribution in [0.3, 0.4) is 0 Å². The van der Waals surface area contributed by atoms with E-state index in [0.29, 0.717) is 37.8 Å². The molecular formula is C22H24N2O5S2. The number of rotatable bonds is 3. The summed E-state index contributed by atoms with van der Waals surface area (Å²) in [7, 11) is -3.66. The van der Waals surface area contributed by atoms with Crippen molar-refractivity contribution in [2.45, 2.75) is 27.9 Å². The Balaban J connectivity index is 1.24. The summed E-state index contributed by atoms with van der Waals surface area (Å²) in [4.78, 5) is 16.1. The highest BCUT2D eigenvalue weighted by Gasteiger charge is 2.35. The lowest BCUT2D eigenvalue weighted by molar-refractivity contribution is -0.131. The molecule has 0 unspecified atom stereocenters. The maximum Gasteiger partial charge on any atom is 0.243 e. The lowest BCUT2D eigenvalue weighted by Crippen LogP contribution is -2.52. The van der Waals surface area contributed by atoms with Gasteiger partial charge >= 0.3 is 0 Å². The third kappa shape index (κ3) is 4.02.